The van der Waals surface area contributed by atoms with Gasteiger partial charge in [-0.15, -0.1) is 0 Å². The van der Waals surface area contributed by atoms with Crippen LogP contribution in [-0.4, -0.2) is 49.4 Å². The molecule has 1 fully saturated rings. The van der Waals surface area contributed by atoms with Crippen LogP contribution in [-0.2, 0) is 6.18 Å². The third-order valence-electron chi connectivity index (χ3n) is 6.40. The number of hydrogen-bond donors (Lipinski definition) is 3. The fourth-order valence-electron chi connectivity index (χ4n) is 4.42. The molecular weight excluding hydrogens is 530 g/mol. The fourth-order valence-corrected chi connectivity index (χ4v) is 4.42. The van der Waals surface area contributed by atoms with Gasteiger partial charge in [0.1, 0.15) is 29.7 Å². The number of halogens is 6. The normalized spacial score (nSPS) is 18.3. The summed E-state index contributed by atoms with van der Waals surface area (Å²) in [6, 6.07) is 5.52. The first-order valence-electron chi connectivity index (χ1n) is 11.7. The molecule has 0 spiro atoms. The largest absolute Gasteiger partial charge is 0.416 e. The molecule has 0 radical (unpaired) electrons. The van der Waals surface area contributed by atoms with Crippen LogP contribution in [0, 0.1) is 0 Å². The van der Waals surface area contributed by atoms with Crippen molar-refractivity contribution in [3.63, 3.8) is 0 Å². The second kappa shape index (κ2) is 9.80. The Balaban J connectivity index is 1.40. The van der Waals surface area contributed by atoms with Crippen LogP contribution in [0.15, 0.2) is 48.9 Å². The summed E-state index contributed by atoms with van der Waals surface area (Å²) in [6.45, 7) is 0.0208. The molecule has 4 heterocycles. The molecule has 1 aliphatic heterocycles. The van der Waals surface area contributed by atoms with E-state index in [1.165, 1.54) is 23.1 Å². The van der Waals surface area contributed by atoms with E-state index in [9.17, 15) is 31.1 Å². The molecule has 5 rings (SSSR count). The molecule has 4 aromatic rings. The lowest BCUT2D eigenvalue weighted by Crippen LogP contribution is -2.48. The van der Waals surface area contributed by atoms with Crippen molar-refractivity contribution in [2.24, 2.45) is 0 Å². The Hall–Kier alpha value is -4.27. The number of fused-ring (bicyclic) bond motifs is 1. The number of nitrogens with zero attached hydrogens (tertiary/aromatic N) is 5. The van der Waals surface area contributed by atoms with Crippen LogP contribution in [0.3, 0.4) is 0 Å². The van der Waals surface area contributed by atoms with Crippen LogP contribution in [0.4, 0.5) is 38.0 Å². The quantitative estimate of drug-likeness (QED) is 0.318. The predicted octanol–water partition coefficient (Wildman–Crippen LogP) is 4.60. The first-order chi connectivity index (χ1) is 18.4. The van der Waals surface area contributed by atoms with E-state index in [0.29, 0.717) is 22.3 Å². The third kappa shape index (κ3) is 5.34. The zero-order chi connectivity index (χ0) is 27.9. The van der Waals surface area contributed by atoms with Gasteiger partial charge in [-0.2, -0.15) is 31.4 Å². The van der Waals surface area contributed by atoms with Crippen LogP contribution in [0.25, 0.3) is 22.3 Å². The number of nitrogens with one attached hydrogen (secondary N) is 2. The summed E-state index contributed by atoms with van der Waals surface area (Å²) in [5, 5.41) is 9.85. The van der Waals surface area contributed by atoms with Gasteiger partial charge in [0.25, 0.3) is 5.91 Å². The number of rotatable bonds is 4. The molecule has 0 saturated carbocycles. The molecule has 15 heteroatoms. The standard InChI is InChI=1S/C24H20F6N8O/c25-23(26,27)14-7-8-32-17(9-14)36-22(39)13-3-1-12(2-4-13)19-18-20(31)34-11-35-21(18)38(37-19)15-5-6-16(33-10-15)24(28,29)30/h1-4,7-9,11,15-16,33H,5-6,10H2,(H2,31,34,35)(H,32,36,39)/t15-,16+/m0/s1. The highest BCUT2D eigenvalue weighted by atomic mass is 19.4. The maximum Gasteiger partial charge on any atom is 0.416 e. The van der Waals surface area contributed by atoms with E-state index in [2.05, 4.69) is 30.7 Å². The third-order valence-corrected chi connectivity index (χ3v) is 6.40. The zero-order valence-electron chi connectivity index (χ0n) is 19.9. The fraction of sp³-hybridized carbons (Fsp3) is 0.292. The van der Waals surface area contributed by atoms with Gasteiger partial charge < -0.3 is 16.4 Å². The van der Waals surface area contributed by atoms with E-state index in [1.807, 2.05) is 0 Å². The summed E-state index contributed by atoms with van der Waals surface area (Å²) >= 11 is 0. The maximum absolute atomic E-state index is 13.1. The topological polar surface area (TPSA) is 124 Å². The average molecular weight is 550 g/mol. The van der Waals surface area contributed by atoms with E-state index in [1.54, 1.807) is 12.1 Å². The van der Waals surface area contributed by atoms with Crippen molar-refractivity contribution in [2.45, 2.75) is 37.3 Å². The van der Waals surface area contributed by atoms with Gasteiger partial charge in [-0.05, 0) is 37.1 Å². The van der Waals surface area contributed by atoms with Crippen LogP contribution >= 0.6 is 0 Å². The van der Waals surface area contributed by atoms with Crippen molar-refractivity contribution in [2.75, 3.05) is 17.6 Å². The van der Waals surface area contributed by atoms with Crippen molar-refractivity contribution >= 4 is 28.6 Å². The Bertz CT molecular complexity index is 1510. The highest BCUT2D eigenvalue weighted by Gasteiger charge is 2.42. The van der Waals surface area contributed by atoms with Crippen molar-refractivity contribution < 1.29 is 31.1 Å². The summed E-state index contributed by atoms with van der Waals surface area (Å²) in [4.78, 5) is 24.6. The summed E-state index contributed by atoms with van der Waals surface area (Å²) in [5.74, 6) is -0.822. The minimum Gasteiger partial charge on any atom is -0.383 e. The van der Waals surface area contributed by atoms with Gasteiger partial charge in [0.15, 0.2) is 5.65 Å². The number of aromatic nitrogens is 5. The Morgan fingerprint density at radius 1 is 1.03 bits per heavy atom. The van der Waals surface area contributed by atoms with Gasteiger partial charge in [-0.25, -0.2) is 19.6 Å². The molecule has 0 aliphatic carbocycles. The Morgan fingerprint density at radius 2 is 1.77 bits per heavy atom. The van der Waals surface area contributed by atoms with Gasteiger partial charge in [0.2, 0.25) is 0 Å². The second-order valence-electron chi connectivity index (χ2n) is 8.94. The smallest absolute Gasteiger partial charge is 0.383 e. The van der Waals surface area contributed by atoms with Gasteiger partial charge >= 0.3 is 12.4 Å². The summed E-state index contributed by atoms with van der Waals surface area (Å²) in [6.07, 6.45) is -6.67. The second-order valence-corrected chi connectivity index (χ2v) is 8.94. The molecular formula is C24H20F6N8O. The monoisotopic (exact) mass is 550 g/mol. The van der Waals surface area contributed by atoms with Crippen LogP contribution in [0.5, 0.6) is 0 Å². The minimum absolute atomic E-state index is 0.0208. The molecule has 39 heavy (non-hydrogen) atoms. The molecule has 1 saturated heterocycles. The number of alkyl halides is 6. The number of nitrogens with two attached hydrogens (primary N) is 1. The zero-order valence-corrected chi connectivity index (χ0v) is 19.9. The van der Waals surface area contributed by atoms with Crippen molar-refractivity contribution in [3.8, 4) is 11.3 Å². The predicted molar refractivity (Wildman–Crippen MR) is 128 cm³/mol. The minimum atomic E-state index is -4.59. The number of anilines is 2. The lowest BCUT2D eigenvalue weighted by atomic mass is 10.0. The van der Waals surface area contributed by atoms with E-state index in [-0.39, 0.29) is 36.6 Å². The molecule has 1 aromatic carbocycles. The number of amides is 1. The SMILES string of the molecule is Nc1ncnc2c1c(-c1ccc(C(=O)Nc3cc(C(F)(F)F)ccn3)cc1)nn2[C@H]1CC[C@H](C(F)(F)F)NC1. The van der Waals surface area contributed by atoms with Gasteiger partial charge in [-0.1, -0.05) is 12.1 Å². The lowest BCUT2D eigenvalue weighted by molar-refractivity contribution is -0.161. The number of carbonyl (C=O) groups excluding carboxylic acids is 1. The summed E-state index contributed by atoms with van der Waals surface area (Å²) in [5.41, 5.74) is 6.53. The first kappa shape index (κ1) is 26.3. The molecule has 4 N–H and O–H groups in total. The van der Waals surface area contributed by atoms with Gasteiger partial charge in [0.05, 0.1) is 17.0 Å². The maximum atomic E-state index is 13.1. The van der Waals surface area contributed by atoms with Crippen molar-refractivity contribution in [1.29, 1.82) is 0 Å². The lowest BCUT2D eigenvalue weighted by Gasteiger charge is -2.31. The van der Waals surface area contributed by atoms with Crippen molar-refractivity contribution in [3.05, 3.63) is 60.0 Å². The molecule has 204 valence electrons. The van der Waals surface area contributed by atoms with Crippen LogP contribution < -0.4 is 16.4 Å². The van der Waals surface area contributed by atoms with Gasteiger partial charge in [0, 0.05) is 23.9 Å². The highest BCUT2D eigenvalue weighted by molar-refractivity contribution is 6.04. The number of hydrogen-bond acceptors (Lipinski definition) is 7. The Morgan fingerprint density at radius 3 is 2.41 bits per heavy atom. The first-order valence-corrected chi connectivity index (χ1v) is 11.7. The molecule has 1 aliphatic rings. The van der Waals surface area contributed by atoms with Crippen LogP contribution in [0.2, 0.25) is 0 Å². The molecule has 1 amide bonds. The average Bonchev–Trinajstić information content (AvgIpc) is 3.29. The van der Waals surface area contributed by atoms with Gasteiger partial charge in [-0.3, -0.25) is 4.79 Å². The number of nitrogen functional groups attached to an aromatic ring is 1. The Kier molecular flexibility index (Phi) is 6.62. The molecule has 2 atom stereocenters. The number of pyridine rings is 1. The molecule has 3 aromatic heterocycles. The van der Waals surface area contributed by atoms with Crippen LogP contribution in [0.1, 0.15) is 34.8 Å². The summed E-state index contributed by atoms with van der Waals surface area (Å²) < 4.78 is 79.6. The number of benzene rings is 1. The van der Waals surface area contributed by atoms with E-state index in [4.69, 9.17) is 5.73 Å². The Labute approximate surface area is 216 Å². The number of piperidine rings is 1. The number of carbonyl (C=O) groups is 1. The molecule has 0 bridgehead atoms. The molecule has 9 nitrogen and oxygen atoms in total. The van der Waals surface area contributed by atoms with E-state index < -0.39 is 35.9 Å². The highest BCUT2D eigenvalue weighted by Crippen LogP contribution is 2.35. The van der Waals surface area contributed by atoms with Crippen molar-refractivity contribution in [1.82, 2.24) is 30.0 Å². The van der Waals surface area contributed by atoms with E-state index >= 15 is 0 Å². The molecule has 0 unspecified atom stereocenters. The summed E-state index contributed by atoms with van der Waals surface area (Å²) in [7, 11) is 0. The van der Waals surface area contributed by atoms with E-state index in [0.717, 1.165) is 18.3 Å².